The van der Waals surface area contributed by atoms with Crippen LogP contribution in [0.25, 0.3) is 0 Å². The van der Waals surface area contributed by atoms with Crippen LogP contribution >= 0.6 is 0 Å². The minimum absolute atomic E-state index is 0.221. The lowest BCUT2D eigenvalue weighted by Crippen LogP contribution is -2.53. The maximum absolute atomic E-state index is 15.1. The largest absolute Gasteiger partial charge is 0.327 e. The second-order valence-corrected chi connectivity index (χ2v) is 7.55. The first-order valence-corrected chi connectivity index (χ1v) is 9.71. The van der Waals surface area contributed by atoms with Gasteiger partial charge in [-0.1, -0.05) is 36.4 Å². The number of fused-ring (bicyclic) bond motifs is 1. The van der Waals surface area contributed by atoms with Crippen LogP contribution in [0.2, 0.25) is 0 Å². The number of alkyl halides is 2. The molecule has 4 rings (SSSR count). The van der Waals surface area contributed by atoms with E-state index < -0.39 is 29.6 Å². The molecule has 3 nitrogen and oxygen atoms in total. The summed E-state index contributed by atoms with van der Waals surface area (Å²) in [7, 11) is 0. The highest BCUT2D eigenvalue weighted by molar-refractivity contribution is 5.85. The highest BCUT2D eigenvalue weighted by Gasteiger charge is 2.51. The van der Waals surface area contributed by atoms with E-state index in [2.05, 4.69) is 5.32 Å². The van der Waals surface area contributed by atoms with E-state index in [1.54, 1.807) is 12.1 Å². The van der Waals surface area contributed by atoms with Crippen molar-refractivity contribution >= 4 is 5.91 Å². The maximum atomic E-state index is 15.1. The van der Waals surface area contributed by atoms with Crippen LogP contribution < -0.4 is 5.32 Å². The number of rotatable bonds is 3. The average Bonchev–Trinajstić information content (AvgIpc) is 2.73. The summed E-state index contributed by atoms with van der Waals surface area (Å²) in [5.74, 6) is -5.88. The Labute approximate surface area is 162 Å². The van der Waals surface area contributed by atoms with Gasteiger partial charge in [-0.2, -0.15) is 8.78 Å². The number of carbonyl (C=O) groups is 1. The number of hydrogen-bond donors (Lipinski definition) is 1. The van der Waals surface area contributed by atoms with Gasteiger partial charge in [-0.05, 0) is 61.2 Å². The van der Waals surface area contributed by atoms with Crippen molar-refractivity contribution in [3.63, 3.8) is 0 Å². The van der Waals surface area contributed by atoms with Crippen LogP contribution in [0.15, 0.2) is 48.5 Å². The molecule has 0 spiro atoms. The van der Waals surface area contributed by atoms with Gasteiger partial charge in [-0.15, -0.1) is 0 Å². The van der Waals surface area contributed by atoms with Crippen LogP contribution in [0.5, 0.6) is 0 Å². The van der Waals surface area contributed by atoms with Crippen molar-refractivity contribution < 1.29 is 18.0 Å². The fourth-order valence-corrected chi connectivity index (χ4v) is 4.34. The molecule has 1 fully saturated rings. The molecule has 0 bridgehead atoms. The normalized spacial score (nSPS) is 20.7. The van der Waals surface area contributed by atoms with E-state index >= 15 is 8.78 Å². The predicted molar refractivity (Wildman–Crippen MR) is 101 cm³/mol. The minimum Gasteiger partial charge on any atom is -0.326 e. The van der Waals surface area contributed by atoms with E-state index in [0.717, 1.165) is 11.1 Å². The first-order chi connectivity index (χ1) is 13.5. The summed E-state index contributed by atoms with van der Waals surface area (Å²) in [6.45, 7) is 1.22. The van der Waals surface area contributed by atoms with Crippen molar-refractivity contribution in [1.29, 1.82) is 0 Å². The molecule has 6 heteroatoms. The molecule has 2 aromatic rings. The number of nitrogens with zero attached hydrogens (tertiary/aromatic N) is 1. The molecule has 0 aliphatic carbocycles. The van der Waals surface area contributed by atoms with E-state index in [1.807, 2.05) is 24.3 Å². The van der Waals surface area contributed by atoms with Crippen molar-refractivity contribution in [2.75, 3.05) is 19.6 Å². The second-order valence-electron chi connectivity index (χ2n) is 7.55. The van der Waals surface area contributed by atoms with Crippen LogP contribution in [0, 0.1) is 11.7 Å². The van der Waals surface area contributed by atoms with Crippen LogP contribution in [0.4, 0.5) is 13.2 Å². The van der Waals surface area contributed by atoms with Crippen molar-refractivity contribution in [1.82, 2.24) is 10.2 Å². The van der Waals surface area contributed by atoms with E-state index in [-0.39, 0.29) is 19.4 Å². The summed E-state index contributed by atoms with van der Waals surface area (Å²) in [6, 6.07) is 12.7. The van der Waals surface area contributed by atoms with Crippen LogP contribution in [0.1, 0.15) is 35.6 Å². The Balaban J connectivity index is 1.72. The van der Waals surface area contributed by atoms with Crippen LogP contribution in [0.3, 0.4) is 0 Å². The number of hydrogen-bond acceptors (Lipinski definition) is 2. The molecular weight excluding hydrogens is 365 g/mol. The average molecular weight is 388 g/mol. The molecule has 0 saturated carbocycles. The third-order valence-electron chi connectivity index (χ3n) is 5.87. The summed E-state index contributed by atoms with van der Waals surface area (Å²) in [4.78, 5) is 14.4. The molecule has 2 heterocycles. The highest BCUT2D eigenvalue weighted by Crippen LogP contribution is 2.40. The molecule has 28 heavy (non-hydrogen) atoms. The first-order valence-electron chi connectivity index (χ1n) is 9.71. The minimum atomic E-state index is -3.41. The van der Waals surface area contributed by atoms with E-state index in [0.29, 0.717) is 25.1 Å². The molecule has 0 aromatic heterocycles. The topological polar surface area (TPSA) is 32.3 Å². The van der Waals surface area contributed by atoms with Crippen molar-refractivity contribution in [2.24, 2.45) is 5.92 Å². The van der Waals surface area contributed by atoms with Crippen LogP contribution in [-0.2, 0) is 11.2 Å². The Morgan fingerprint density at radius 1 is 1.04 bits per heavy atom. The molecule has 2 aliphatic heterocycles. The van der Waals surface area contributed by atoms with Gasteiger partial charge in [0, 0.05) is 12.5 Å². The number of amides is 1. The van der Waals surface area contributed by atoms with E-state index in [4.69, 9.17) is 0 Å². The van der Waals surface area contributed by atoms with Gasteiger partial charge in [0.05, 0.1) is 6.04 Å². The number of carbonyl (C=O) groups excluding carboxylic acids is 1. The van der Waals surface area contributed by atoms with Crippen molar-refractivity contribution in [3.8, 4) is 0 Å². The van der Waals surface area contributed by atoms with Gasteiger partial charge < -0.3 is 10.2 Å². The van der Waals surface area contributed by atoms with Crippen LogP contribution in [-0.4, -0.2) is 36.4 Å². The molecule has 0 radical (unpaired) electrons. The zero-order valence-corrected chi connectivity index (χ0v) is 15.5. The molecule has 1 saturated heterocycles. The lowest BCUT2D eigenvalue weighted by atomic mass is 9.85. The molecule has 1 N–H and O–H groups in total. The quantitative estimate of drug-likeness (QED) is 0.864. The fourth-order valence-electron chi connectivity index (χ4n) is 4.34. The monoisotopic (exact) mass is 388 g/mol. The SMILES string of the molecule is O=C(N1CCc2ccccc2[C@@H]1c1ccc(F)cc1)C(F)(F)C1CCNCC1. The molecular formula is C22H23F3N2O. The fraction of sp³-hybridized carbons (Fsp3) is 0.409. The molecule has 148 valence electrons. The predicted octanol–water partition coefficient (Wildman–Crippen LogP) is 3.93. The summed E-state index contributed by atoms with van der Waals surface area (Å²) in [5, 5.41) is 3.06. The van der Waals surface area contributed by atoms with Gasteiger partial charge in [-0.3, -0.25) is 4.79 Å². The van der Waals surface area contributed by atoms with Gasteiger partial charge in [-0.25, -0.2) is 4.39 Å². The Morgan fingerprint density at radius 3 is 2.43 bits per heavy atom. The first kappa shape index (κ1) is 19.0. The van der Waals surface area contributed by atoms with Gasteiger partial charge in [0.1, 0.15) is 5.82 Å². The Kier molecular flexibility index (Phi) is 5.15. The van der Waals surface area contributed by atoms with E-state index in [9.17, 15) is 9.18 Å². The molecule has 0 unspecified atom stereocenters. The smallest absolute Gasteiger partial charge is 0.326 e. The maximum Gasteiger partial charge on any atom is 0.327 e. The van der Waals surface area contributed by atoms with Gasteiger partial charge in [0.2, 0.25) is 0 Å². The Hall–Kier alpha value is -2.34. The Morgan fingerprint density at radius 2 is 1.71 bits per heavy atom. The number of piperidine rings is 1. The van der Waals surface area contributed by atoms with E-state index in [1.165, 1.54) is 17.0 Å². The van der Waals surface area contributed by atoms with Gasteiger partial charge in [0.25, 0.3) is 5.91 Å². The lowest BCUT2D eigenvalue weighted by molar-refractivity contribution is -0.169. The number of nitrogens with one attached hydrogen (secondary N) is 1. The number of benzene rings is 2. The summed E-state index contributed by atoms with van der Waals surface area (Å²) in [6.07, 6.45) is 1.09. The van der Waals surface area contributed by atoms with Gasteiger partial charge >= 0.3 is 5.92 Å². The third kappa shape index (κ3) is 3.41. The van der Waals surface area contributed by atoms with Gasteiger partial charge in [0.15, 0.2) is 0 Å². The summed E-state index contributed by atoms with van der Waals surface area (Å²) >= 11 is 0. The zero-order chi connectivity index (χ0) is 19.7. The Bertz CT molecular complexity index is 847. The summed E-state index contributed by atoms with van der Waals surface area (Å²) < 4.78 is 43.7. The molecule has 1 atom stereocenters. The molecule has 2 aromatic carbocycles. The second kappa shape index (κ2) is 7.59. The highest BCUT2D eigenvalue weighted by atomic mass is 19.3. The summed E-state index contributed by atoms with van der Waals surface area (Å²) in [5.41, 5.74) is 2.50. The van der Waals surface area contributed by atoms with Crippen molar-refractivity contribution in [3.05, 3.63) is 71.0 Å². The lowest BCUT2D eigenvalue weighted by Gasteiger charge is -2.41. The zero-order valence-electron chi connectivity index (χ0n) is 15.5. The molecule has 1 amide bonds. The van der Waals surface area contributed by atoms with Crippen molar-refractivity contribution in [2.45, 2.75) is 31.2 Å². The molecule has 2 aliphatic rings. The third-order valence-corrected chi connectivity index (χ3v) is 5.87. The number of halogens is 3. The standard InChI is InChI=1S/C22H23F3N2O/c23-18-7-5-16(6-8-18)20-19-4-2-1-3-15(19)11-14-27(20)21(28)22(24,25)17-9-12-26-13-10-17/h1-8,17,20,26H,9-14H2/t20-/m0/s1.